The predicted octanol–water partition coefficient (Wildman–Crippen LogP) is 5.63. The third-order valence-corrected chi connectivity index (χ3v) is 18.4. The van der Waals surface area contributed by atoms with Crippen LogP contribution in [0.5, 0.6) is 0 Å². The molecule has 0 radical (unpaired) electrons. The molecule has 1 fully saturated rings. The average Bonchev–Trinajstić information content (AvgIpc) is 1.80. The number of aliphatic hydroxyl groups excluding tert-OH is 1. The van der Waals surface area contributed by atoms with Gasteiger partial charge in [-0.25, -0.2) is 4.79 Å². The number of nitrogens with one attached hydrogen (secondary N) is 6. The van der Waals surface area contributed by atoms with Crippen molar-refractivity contribution < 1.29 is 82.0 Å². The Bertz CT molecular complexity index is 3070. The molecule has 0 spiro atoms. The number of carboxylic acids is 1. The molecule has 27 nitrogen and oxygen atoms in total. The minimum absolute atomic E-state index is 0.101. The number of likely N-dealkylation sites (tertiary alicyclic amines) is 1. The number of nitrogens with zero attached hydrogens (tertiary/aromatic N) is 4. The average molecular weight is 1390 g/mol. The van der Waals surface area contributed by atoms with Crippen LogP contribution < -0.4 is 31.9 Å². The van der Waals surface area contributed by atoms with Crippen LogP contribution in [0, 0.1) is 35.5 Å². The quantitative estimate of drug-likeness (QED) is 0.0375. The molecular weight excluding hydrogens is 1280 g/mol. The number of imide groups is 1. The highest BCUT2D eigenvalue weighted by Gasteiger charge is 2.44. The van der Waals surface area contributed by atoms with Crippen molar-refractivity contribution in [3.05, 3.63) is 77.9 Å². The fourth-order valence-electron chi connectivity index (χ4n) is 12.5. The molecule has 11 amide bonds. The minimum atomic E-state index is -1.39. The third-order valence-electron chi connectivity index (χ3n) is 18.4. The summed E-state index contributed by atoms with van der Waals surface area (Å²) in [5.41, 5.74) is 1.37. The molecule has 0 saturated carbocycles. The van der Waals surface area contributed by atoms with Gasteiger partial charge < -0.3 is 66.1 Å². The highest BCUT2D eigenvalue weighted by Crippen LogP contribution is 2.31. The summed E-state index contributed by atoms with van der Waals surface area (Å²) in [5, 5.41) is 37.1. The number of hydrogen-bond donors (Lipinski definition) is 8. The molecule has 99 heavy (non-hydrogen) atoms. The Labute approximate surface area is 583 Å². The molecule has 2 aromatic rings. The van der Waals surface area contributed by atoms with Crippen molar-refractivity contribution >= 4 is 76.8 Å². The lowest BCUT2D eigenvalue weighted by molar-refractivity contribution is -0.148. The van der Waals surface area contributed by atoms with Gasteiger partial charge in [0, 0.05) is 72.1 Å². The van der Waals surface area contributed by atoms with Crippen LogP contribution in [-0.2, 0) is 73.6 Å². The zero-order valence-electron chi connectivity index (χ0n) is 60.7. The monoisotopic (exact) mass is 1390 g/mol. The van der Waals surface area contributed by atoms with Crippen molar-refractivity contribution in [3.63, 3.8) is 0 Å². The van der Waals surface area contributed by atoms with E-state index in [0.29, 0.717) is 43.4 Å². The topological polar surface area (TPSA) is 358 Å². The molecule has 2 aromatic carbocycles. The molecule has 2 aliphatic rings. The Morgan fingerprint density at radius 3 is 1.82 bits per heavy atom. The second kappa shape index (κ2) is 40.1. The number of likely N-dealkylation sites (N-methyl/N-ethyl adjacent to an activating group) is 2. The first-order valence-electron chi connectivity index (χ1n) is 34.6. The van der Waals surface area contributed by atoms with Crippen LogP contribution in [-0.4, -0.2) is 203 Å². The van der Waals surface area contributed by atoms with E-state index in [0.717, 1.165) is 22.0 Å². The van der Waals surface area contributed by atoms with Crippen LogP contribution in [0.1, 0.15) is 165 Å². The molecule has 27 heteroatoms. The van der Waals surface area contributed by atoms with Gasteiger partial charge in [0.25, 0.3) is 11.8 Å². The number of rotatable bonds is 40. The summed E-state index contributed by atoms with van der Waals surface area (Å²) in [6.45, 7) is 21.9. The normalized spacial score (nSPS) is 17.5. The number of carboxylic acid groups (broad SMARTS) is 1. The summed E-state index contributed by atoms with van der Waals surface area (Å²) in [5.74, 6) is -8.67. The second-order valence-corrected chi connectivity index (χ2v) is 27.7. The number of carbonyl (C=O) groups is 12. The summed E-state index contributed by atoms with van der Waals surface area (Å²) in [6, 6.07) is 7.53. The molecule has 4 rings (SSSR count). The van der Waals surface area contributed by atoms with E-state index in [9.17, 15) is 67.7 Å². The van der Waals surface area contributed by atoms with Crippen LogP contribution in [0.15, 0.2) is 66.7 Å². The smallest absolute Gasteiger partial charge is 0.410 e. The van der Waals surface area contributed by atoms with E-state index >= 15 is 0 Å². The Morgan fingerprint density at radius 2 is 1.26 bits per heavy atom. The molecule has 13 atom stereocenters. The SMILES string of the molecule is CC[C@H](C)[C@@H]([C@@H](CC(=O)N1CCC[C@H]1[C@H](OC)[C@@H](C)C(=O)N[C@H](C)[C@@H](O)c1ccccc1)OC)N(C)C(=O)[C@@H](NC(=O)[C@H](C(C)C)N(C)C(=O)OCc1ccc(NC(=O)[C@H](CCC(=O)O)NC(=O)[C@H](CC(C)C)NC(=O)[C@@H](CCC(C)C)NC(=O)CCN2C(=O)C=CC2=O)cc1)C(C)C. The highest BCUT2D eigenvalue weighted by atomic mass is 16.6. The second-order valence-electron chi connectivity index (χ2n) is 27.7. The van der Waals surface area contributed by atoms with Gasteiger partial charge in [-0.15, -0.1) is 0 Å². The van der Waals surface area contributed by atoms with Crippen LogP contribution in [0.3, 0.4) is 0 Å². The van der Waals surface area contributed by atoms with Crippen molar-refractivity contribution in [2.24, 2.45) is 35.5 Å². The van der Waals surface area contributed by atoms with Crippen LogP contribution in [0.25, 0.3) is 0 Å². The summed E-state index contributed by atoms with van der Waals surface area (Å²) in [7, 11) is 6.03. The van der Waals surface area contributed by atoms with Crippen molar-refractivity contribution in [2.45, 2.75) is 221 Å². The maximum atomic E-state index is 14.8. The van der Waals surface area contributed by atoms with Crippen LogP contribution >= 0.6 is 0 Å². The number of methoxy groups -OCH3 is 2. The van der Waals surface area contributed by atoms with Gasteiger partial charge in [0.15, 0.2) is 0 Å². The van der Waals surface area contributed by atoms with Crippen molar-refractivity contribution in [1.29, 1.82) is 0 Å². The van der Waals surface area contributed by atoms with Crippen molar-refractivity contribution in [1.82, 2.24) is 46.2 Å². The lowest BCUT2D eigenvalue weighted by Crippen LogP contribution is -2.60. The molecule has 2 heterocycles. The summed E-state index contributed by atoms with van der Waals surface area (Å²) >= 11 is 0. The summed E-state index contributed by atoms with van der Waals surface area (Å²) in [6.07, 6.45) is 0.372. The van der Waals surface area contributed by atoms with Gasteiger partial charge in [-0.1, -0.05) is 125 Å². The van der Waals surface area contributed by atoms with Gasteiger partial charge in [0.05, 0.1) is 48.8 Å². The van der Waals surface area contributed by atoms with Gasteiger partial charge in [-0.3, -0.25) is 62.5 Å². The van der Waals surface area contributed by atoms with Crippen molar-refractivity contribution in [3.8, 4) is 0 Å². The number of hydrogen-bond acceptors (Lipinski definition) is 16. The van der Waals surface area contributed by atoms with E-state index in [2.05, 4.69) is 31.9 Å². The Hall–Kier alpha value is -8.30. The Morgan fingerprint density at radius 1 is 0.657 bits per heavy atom. The first-order chi connectivity index (χ1) is 46.6. The number of carbonyl (C=O) groups excluding carboxylic acids is 11. The van der Waals surface area contributed by atoms with Gasteiger partial charge in [-0.2, -0.15) is 0 Å². The fourth-order valence-corrected chi connectivity index (χ4v) is 12.5. The number of aliphatic carboxylic acids is 1. The molecule has 1 saturated heterocycles. The highest BCUT2D eigenvalue weighted by molar-refractivity contribution is 6.13. The molecule has 2 aliphatic heterocycles. The van der Waals surface area contributed by atoms with E-state index in [-0.39, 0.29) is 80.5 Å². The largest absolute Gasteiger partial charge is 0.481 e. The molecule has 0 aromatic heterocycles. The summed E-state index contributed by atoms with van der Waals surface area (Å²) < 4.78 is 17.7. The van der Waals surface area contributed by atoms with E-state index in [1.807, 2.05) is 59.7 Å². The van der Waals surface area contributed by atoms with Gasteiger partial charge in [0.2, 0.25) is 47.3 Å². The molecule has 8 N–H and O–H groups in total. The molecule has 0 aliphatic carbocycles. The zero-order valence-corrected chi connectivity index (χ0v) is 60.7. The molecular formula is C72H110N10O17. The predicted molar refractivity (Wildman–Crippen MR) is 370 cm³/mol. The molecule has 0 unspecified atom stereocenters. The van der Waals surface area contributed by atoms with Crippen molar-refractivity contribution in [2.75, 3.05) is 46.7 Å². The number of amides is 11. The Kier molecular flexibility index (Phi) is 33.6. The molecule has 0 bridgehead atoms. The zero-order chi connectivity index (χ0) is 74.1. The van der Waals surface area contributed by atoms with E-state index in [1.165, 1.54) is 38.3 Å². The van der Waals surface area contributed by atoms with Crippen LogP contribution in [0.2, 0.25) is 0 Å². The number of aliphatic hydroxyl groups is 1. The minimum Gasteiger partial charge on any atom is -0.481 e. The third kappa shape index (κ3) is 24.8. The maximum Gasteiger partial charge on any atom is 0.410 e. The number of anilines is 1. The van der Waals surface area contributed by atoms with Gasteiger partial charge in [0.1, 0.15) is 36.8 Å². The van der Waals surface area contributed by atoms with E-state index < -0.39 is 150 Å². The Balaban J connectivity index is 1.40. The summed E-state index contributed by atoms with van der Waals surface area (Å²) in [4.78, 5) is 167. The number of ether oxygens (including phenoxy) is 3. The lowest BCUT2D eigenvalue weighted by Gasteiger charge is -2.41. The first kappa shape index (κ1) is 83.1. The van der Waals surface area contributed by atoms with Crippen LogP contribution in [0.4, 0.5) is 10.5 Å². The maximum absolute atomic E-state index is 14.8. The standard InChI is InChI=1S/C72H110N10O17/c1-17-45(10)63(55(97-15)39-59(86)81-36-21-24-54(81)65(98-16)46(11)66(90)73-47(12)64(89)49-22-19-18-20-23-49)79(13)71(95)61(43(6)7)78-70(94)62(44(8)9)80(14)72(96)99-40-48-26-28-50(29-27-48)74-67(91)52(31-34-60(87)88)76-69(93)53(38-42(4)5)77-68(92)51(30-25-41(2)3)75-56(83)35-37-82-57(84)32-33-58(82)85/h18-20,22-23,26-29,32-33,41-47,51-55,61-65,89H,17,21,24-25,30-31,34-40H2,1-16H3,(H,73,90)(H,74,91)(H,75,83)(H,76,93)(H,77,92)(H,78,94)(H,87,88)/t45-,46+,47+,51+,52-,53-,54-,55+,61-,62-,63-,64+,65+/m0/s1. The fraction of sp³-hybridized carbons (Fsp3) is 0.639. The lowest BCUT2D eigenvalue weighted by atomic mass is 9.89. The number of benzene rings is 2. The van der Waals surface area contributed by atoms with E-state index in [4.69, 9.17) is 14.2 Å². The van der Waals surface area contributed by atoms with Gasteiger partial charge >= 0.3 is 12.1 Å². The first-order valence-corrected chi connectivity index (χ1v) is 34.6. The van der Waals surface area contributed by atoms with E-state index in [1.54, 1.807) is 77.8 Å². The van der Waals surface area contributed by atoms with Gasteiger partial charge in [-0.05, 0) is 98.3 Å². The molecule has 550 valence electrons.